The van der Waals surface area contributed by atoms with E-state index in [4.69, 9.17) is 0 Å². The summed E-state index contributed by atoms with van der Waals surface area (Å²) in [6.07, 6.45) is 1.09. The molecule has 0 bridgehead atoms. The molecule has 1 amide bonds. The molecule has 0 unspecified atom stereocenters. The van der Waals surface area contributed by atoms with E-state index in [-0.39, 0.29) is 5.91 Å². The quantitative estimate of drug-likeness (QED) is 0.629. The van der Waals surface area contributed by atoms with Crippen LogP contribution in [0.2, 0.25) is 0 Å². The zero-order valence-electron chi connectivity index (χ0n) is 14.1. The molecule has 0 aromatic heterocycles. The zero-order chi connectivity index (χ0) is 18.6. The molecule has 0 aliphatic heterocycles. The van der Waals surface area contributed by atoms with Crippen LogP contribution in [0.4, 0.5) is 11.4 Å². The first-order valence-electron chi connectivity index (χ1n) is 7.88. The molecule has 3 rings (SSSR count). The summed E-state index contributed by atoms with van der Waals surface area (Å²) in [7, 11) is -3.31. The molecule has 5 nitrogen and oxygen atoms in total. The molecule has 26 heavy (non-hydrogen) atoms. The van der Waals surface area contributed by atoms with E-state index in [2.05, 4.69) is 22.2 Å². The minimum atomic E-state index is -3.31. The molecule has 3 aromatic rings. The monoisotopic (exact) mass is 386 g/mol. The van der Waals surface area contributed by atoms with Crippen molar-refractivity contribution in [3.63, 3.8) is 0 Å². The predicted molar refractivity (Wildman–Crippen MR) is 108 cm³/mol. The van der Waals surface area contributed by atoms with Gasteiger partial charge in [-0.15, -0.1) is 11.8 Å². The molecule has 0 spiro atoms. The van der Waals surface area contributed by atoms with Crippen LogP contribution in [0.25, 0.3) is 10.8 Å². The molecule has 0 radical (unpaired) electrons. The third-order valence-electron chi connectivity index (χ3n) is 3.56. The lowest BCUT2D eigenvalue weighted by atomic mass is 10.1. The fraction of sp³-hybridized carbons (Fsp3) is 0.105. The van der Waals surface area contributed by atoms with E-state index in [1.165, 1.54) is 17.1 Å². The summed E-state index contributed by atoms with van der Waals surface area (Å²) in [6.45, 7) is 0. The fourth-order valence-corrected chi connectivity index (χ4v) is 3.75. The third-order valence-corrected chi connectivity index (χ3v) is 5.16. The number of carbonyl (C=O) groups excluding carboxylic acids is 1. The number of sulfonamides is 1. The number of fused-ring (bicyclic) bond motifs is 1. The van der Waals surface area contributed by atoms with Gasteiger partial charge in [-0.3, -0.25) is 9.52 Å². The number of hydrogen-bond donors (Lipinski definition) is 2. The van der Waals surface area contributed by atoms with Gasteiger partial charge in [0.2, 0.25) is 15.9 Å². The summed E-state index contributed by atoms with van der Waals surface area (Å²) in [5.41, 5.74) is 1.07. The summed E-state index contributed by atoms with van der Waals surface area (Å²) in [5.74, 6) is 0.175. The molecule has 0 saturated carbocycles. The Morgan fingerprint density at radius 2 is 1.58 bits per heavy atom. The van der Waals surface area contributed by atoms with E-state index in [1.807, 2.05) is 30.3 Å². The average molecular weight is 386 g/mol. The number of thioether (sulfide) groups is 1. The van der Waals surface area contributed by atoms with E-state index in [0.717, 1.165) is 16.5 Å². The molecule has 3 aromatic carbocycles. The molecule has 0 fully saturated rings. The molecule has 7 heteroatoms. The van der Waals surface area contributed by atoms with Gasteiger partial charge in [-0.2, -0.15) is 0 Å². The first kappa shape index (κ1) is 18.3. The van der Waals surface area contributed by atoms with Gasteiger partial charge in [0.15, 0.2) is 0 Å². The Kier molecular flexibility index (Phi) is 5.49. The van der Waals surface area contributed by atoms with Crippen molar-refractivity contribution in [2.75, 3.05) is 22.0 Å². The molecule has 0 aliphatic carbocycles. The summed E-state index contributed by atoms with van der Waals surface area (Å²) >= 11 is 1.47. The highest BCUT2D eigenvalue weighted by Gasteiger charge is 2.06. The van der Waals surface area contributed by atoms with Crippen LogP contribution in [0.1, 0.15) is 0 Å². The minimum absolute atomic E-state index is 0.119. The van der Waals surface area contributed by atoms with Gasteiger partial charge in [0.05, 0.1) is 12.0 Å². The Labute approximate surface area is 156 Å². The fourth-order valence-electron chi connectivity index (χ4n) is 2.44. The van der Waals surface area contributed by atoms with Gasteiger partial charge in [-0.05, 0) is 47.2 Å². The number of carbonyl (C=O) groups is 1. The molecule has 134 valence electrons. The number of anilines is 2. The number of rotatable bonds is 6. The van der Waals surface area contributed by atoms with Crippen molar-refractivity contribution in [1.82, 2.24) is 0 Å². The van der Waals surface area contributed by atoms with E-state index in [9.17, 15) is 13.2 Å². The van der Waals surface area contributed by atoms with Crippen LogP contribution in [-0.4, -0.2) is 26.3 Å². The van der Waals surface area contributed by atoms with Gasteiger partial charge >= 0.3 is 0 Å². The maximum Gasteiger partial charge on any atom is 0.234 e. The van der Waals surface area contributed by atoms with Crippen molar-refractivity contribution in [3.05, 3.63) is 66.7 Å². The van der Waals surface area contributed by atoms with Crippen LogP contribution in [0.5, 0.6) is 0 Å². The van der Waals surface area contributed by atoms with E-state index >= 15 is 0 Å². The molecule has 0 heterocycles. The lowest BCUT2D eigenvalue weighted by Crippen LogP contribution is -2.14. The maximum atomic E-state index is 12.1. The largest absolute Gasteiger partial charge is 0.325 e. The van der Waals surface area contributed by atoms with Crippen LogP contribution >= 0.6 is 11.8 Å². The van der Waals surface area contributed by atoms with Gasteiger partial charge in [0.1, 0.15) is 0 Å². The number of benzene rings is 3. The minimum Gasteiger partial charge on any atom is -0.325 e. The maximum absolute atomic E-state index is 12.1. The highest BCUT2D eigenvalue weighted by atomic mass is 32.2. The number of nitrogens with one attached hydrogen (secondary N) is 2. The van der Waals surface area contributed by atoms with Crippen molar-refractivity contribution in [1.29, 1.82) is 0 Å². The molecule has 0 saturated heterocycles. The Hall–Kier alpha value is -2.51. The van der Waals surface area contributed by atoms with Crippen LogP contribution < -0.4 is 10.0 Å². The smallest absolute Gasteiger partial charge is 0.234 e. The topological polar surface area (TPSA) is 75.3 Å². The van der Waals surface area contributed by atoms with Crippen molar-refractivity contribution in [2.45, 2.75) is 4.90 Å². The van der Waals surface area contributed by atoms with Crippen LogP contribution in [-0.2, 0) is 14.8 Å². The third kappa shape index (κ3) is 5.24. The van der Waals surface area contributed by atoms with Gasteiger partial charge in [0.25, 0.3) is 0 Å². The normalized spacial score (nSPS) is 11.3. The Morgan fingerprint density at radius 3 is 2.27 bits per heavy atom. The highest BCUT2D eigenvalue weighted by Crippen LogP contribution is 2.24. The Morgan fingerprint density at radius 1 is 0.923 bits per heavy atom. The summed E-state index contributed by atoms with van der Waals surface area (Å²) in [6, 6.07) is 20.7. The Bertz CT molecular complexity index is 1030. The van der Waals surface area contributed by atoms with E-state index in [1.54, 1.807) is 24.3 Å². The number of amides is 1. The Balaban J connectivity index is 1.56. The van der Waals surface area contributed by atoms with Crippen LogP contribution in [0.3, 0.4) is 0 Å². The van der Waals surface area contributed by atoms with Crippen LogP contribution in [0, 0.1) is 0 Å². The predicted octanol–water partition coefficient (Wildman–Crippen LogP) is 3.94. The zero-order valence-corrected chi connectivity index (χ0v) is 15.7. The van der Waals surface area contributed by atoms with Crippen LogP contribution in [0.15, 0.2) is 71.6 Å². The lowest BCUT2D eigenvalue weighted by Gasteiger charge is -2.08. The van der Waals surface area contributed by atoms with Crippen molar-refractivity contribution >= 4 is 49.8 Å². The molecule has 0 aliphatic rings. The first-order valence-corrected chi connectivity index (χ1v) is 10.8. The summed E-state index contributed by atoms with van der Waals surface area (Å²) in [4.78, 5) is 13.2. The van der Waals surface area contributed by atoms with Gasteiger partial charge < -0.3 is 5.32 Å². The highest BCUT2D eigenvalue weighted by molar-refractivity contribution is 8.00. The van der Waals surface area contributed by atoms with Gasteiger partial charge in [-0.1, -0.05) is 30.3 Å². The second-order valence-electron chi connectivity index (χ2n) is 5.80. The summed E-state index contributed by atoms with van der Waals surface area (Å²) < 4.78 is 24.7. The van der Waals surface area contributed by atoms with Crippen molar-refractivity contribution < 1.29 is 13.2 Å². The molecular weight excluding hydrogens is 368 g/mol. The number of hydrogen-bond acceptors (Lipinski definition) is 4. The first-order chi connectivity index (χ1) is 12.4. The molecular formula is C19H18N2O3S2. The van der Waals surface area contributed by atoms with Gasteiger partial charge in [-0.25, -0.2) is 8.42 Å². The van der Waals surface area contributed by atoms with E-state index in [0.29, 0.717) is 17.1 Å². The standard InChI is InChI=1S/C19H18N2O3S2/c1-26(23,24)21-17-9-7-16(8-10-17)20-19(22)13-25-18-11-6-14-4-2-3-5-15(14)12-18/h2-12,21H,13H2,1H3,(H,20,22). The molecule has 0 atom stereocenters. The lowest BCUT2D eigenvalue weighted by molar-refractivity contribution is -0.113. The molecule has 2 N–H and O–H groups in total. The average Bonchev–Trinajstić information content (AvgIpc) is 2.60. The van der Waals surface area contributed by atoms with Crippen molar-refractivity contribution in [3.8, 4) is 0 Å². The van der Waals surface area contributed by atoms with Crippen molar-refractivity contribution in [2.24, 2.45) is 0 Å². The SMILES string of the molecule is CS(=O)(=O)Nc1ccc(NC(=O)CSc2ccc3ccccc3c2)cc1. The second-order valence-corrected chi connectivity index (χ2v) is 8.59. The van der Waals surface area contributed by atoms with Gasteiger partial charge in [0, 0.05) is 16.3 Å². The summed E-state index contributed by atoms with van der Waals surface area (Å²) in [5, 5.41) is 5.12. The second kappa shape index (κ2) is 7.80. The van der Waals surface area contributed by atoms with E-state index < -0.39 is 10.0 Å².